The predicted molar refractivity (Wildman–Crippen MR) is 82.7 cm³/mol. The average molecular weight is 359 g/mol. The van der Waals surface area contributed by atoms with Crippen molar-refractivity contribution >= 4 is 21.7 Å². The van der Waals surface area contributed by atoms with Gasteiger partial charge < -0.3 is 14.8 Å². The molecule has 1 amide bonds. The molecule has 9 heteroatoms. The van der Waals surface area contributed by atoms with Crippen LogP contribution in [0.4, 0.5) is 4.39 Å². The number of carbonyl (C=O) groups excluding carboxylic acids is 2. The SMILES string of the molecule is C[C@H](Oc1ccc(F)cc1)C(=O)OCC(=O)N[C@@H]1CCS(=O)(=O)C1. The summed E-state index contributed by atoms with van der Waals surface area (Å²) in [4.78, 5) is 23.4. The Hall–Kier alpha value is -2.16. The molecule has 1 aromatic carbocycles. The summed E-state index contributed by atoms with van der Waals surface area (Å²) in [6.45, 7) is 0.916. The van der Waals surface area contributed by atoms with Crippen molar-refractivity contribution in [2.24, 2.45) is 0 Å². The summed E-state index contributed by atoms with van der Waals surface area (Å²) in [7, 11) is -3.09. The highest BCUT2D eigenvalue weighted by Crippen LogP contribution is 2.14. The maximum absolute atomic E-state index is 12.8. The number of amides is 1. The van der Waals surface area contributed by atoms with Crippen LogP contribution in [0.25, 0.3) is 0 Å². The molecule has 0 radical (unpaired) electrons. The van der Waals surface area contributed by atoms with Gasteiger partial charge in [0.15, 0.2) is 22.5 Å². The second-order valence-electron chi connectivity index (χ2n) is 5.49. The van der Waals surface area contributed by atoms with E-state index in [2.05, 4.69) is 5.32 Å². The number of carbonyl (C=O) groups is 2. The lowest BCUT2D eigenvalue weighted by atomic mass is 10.2. The van der Waals surface area contributed by atoms with E-state index in [1.54, 1.807) is 0 Å². The van der Waals surface area contributed by atoms with Gasteiger partial charge in [-0.1, -0.05) is 0 Å². The van der Waals surface area contributed by atoms with E-state index in [0.717, 1.165) is 0 Å². The van der Waals surface area contributed by atoms with Gasteiger partial charge in [-0.25, -0.2) is 17.6 Å². The Labute approximate surface area is 139 Å². The molecule has 1 aromatic rings. The van der Waals surface area contributed by atoms with E-state index in [1.165, 1.54) is 31.2 Å². The molecule has 24 heavy (non-hydrogen) atoms. The molecule has 1 aliphatic rings. The first-order valence-electron chi connectivity index (χ1n) is 7.34. The Kier molecular flexibility index (Phi) is 5.76. The Morgan fingerprint density at radius 1 is 1.33 bits per heavy atom. The molecule has 0 saturated carbocycles. The Morgan fingerprint density at radius 3 is 2.58 bits per heavy atom. The van der Waals surface area contributed by atoms with Crippen molar-refractivity contribution in [2.45, 2.75) is 25.5 Å². The van der Waals surface area contributed by atoms with Crippen LogP contribution in [0.5, 0.6) is 5.75 Å². The number of esters is 1. The quantitative estimate of drug-likeness (QED) is 0.740. The smallest absolute Gasteiger partial charge is 0.347 e. The largest absolute Gasteiger partial charge is 0.479 e. The first kappa shape index (κ1) is 18.2. The average Bonchev–Trinajstić information content (AvgIpc) is 2.85. The van der Waals surface area contributed by atoms with Crippen LogP contribution in [0, 0.1) is 5.82 Å². The molecule has 1 heterocycles. The second kappa shape index (κ2) is 7.61. The molecule has 2 atom stereocenters. The monoisotopic (exact) mass is 359 g/mol. The second-order valence-corrected chi connectivity index (χ2v) is 7.72. The molecule has 0 spiro atoms. The van der Waals surface area contributed by atoms with Crippen molar-refractivity contribution in [3.8, 4) is 5.75 Å². The van der Waals surface area contributed by atoms with Gasteiger partial charge in [-0.2, -0.15) is 0 Å². The van der Waals surface area contributed by atoms with Crippen LogP contribution in [0.1, 0.15) is 13.3 Å². The highest BCUT2D eigenvalue weighted by molar-refractivity contribution is 7.91. The van der Waals surface area contributed by atoms with E-state index in [1.807, 2.05) is 0 Å². The lowest BCUT2D eigenvalue weighted by molar-refractivity contribution is -0.154. The molecule has 2 rings (SSSR count). The van der Waals surface area contributed by atoms with Crippen LogP contribution in [0.3, 0.4) is 0 Å². The van der Waals surface area contributed by atoms with Crippen LogP contribution >= 0.6 is 0 Å². The molecule has 0 unspecified atom stereocenters. The summed E-state index contributed by atoms with van der Waals surface area (Å²) >= 11 is 0. The maximum atomic E-state index is 12.8. The molecule has 0 bridgehead atoms. The minimum absolute atomic E-state index is 0.0419. The molecular formula is C15H18FNO6S. The highest BCUT2D eigenvalue weighted by atomic mass is 32.2. The molecule has 1 aliphatic heterocycles. The number of rotatable bonds is 6. The maximum Gasteiger partial charge on any atom is 0.347 e. The minimum Gasteiger partial charge on any atom is -0.479 e. The summed E-state index contributed by atoms with van der Waals surface area (Å²) in [6.07, 6.45) is -0.623. The summed E-state index contributed by atoms with van der Waals surface area (Å²) in [5.41, 5.74) is 0. The van der Waals surface area contributed by atoms with Crippen molar-refractivity contribution in [1.29, 1.82) is 0 Å². The van der Waals surface area contributed by atoms with Crippen LogP contribution < -0.4 is 10.1 Å². The van der Waals surface area contributed by atoms with E-state index in [0.29, 0.717) is 12.2 Å². The molecule has 0 aliphatic carbocycles. The Balaban J connectivity index is 1.73. The summed E-state index contributed by atoms with van der Waals surface area (Å²) < 4.78 is 45.5. The van der Waals surface area contributed by atoms with Gasteiger partial charge in [0.2, 0.25) is 0 Å². The molecule has 7 nitrogen and oxygen atoms in total. The molecule has 1 saturated heterocycles. The zero-order valence-corrected chi connectivity index (χ0v) is 13.8. The normalized spacial score (nSPS) is 20.2. The van der Waals surface area contributed by atoms with E-state index < -0.39 is 46.3 Å². The zero-order chi connectivity index (χ0) is 17.7. The van der Waals surface area contributed by atoms with Gasteiger partial charge >= 0.3 is 5.97 Å². The van der Waals surface area contributed by atoms with E-state index in [9.17, 15) is 22.4 Å². The van der Waals surface area contributed by atoms with Gasteiger partial charge in [-0.05, 0) is 37.6 Å². The first-order valence-corrected chi connectivity index (χ1v) is 9.16. The van der Waals surface area contributed by atoms with Crippen molar-refractivity contribution in [1.82, 2.24) is 5.32 Å². The third-order valence-corrected chi connectivity index (χ3v) is 5.17. The molecule has 1 fully saturated rings. The summed E-state index contributed by atoms with van der Waals surface area (Å²) in [5.74, 6) is -1.52. The highest BCUT2D eigenvalue weighted by Gasteiger charge is 2.29. The molecule has 132 valence electrons. The third-order valence-electron chi connectivity index (χ3n) is 3.40. The number of ether oxygens (including phenoxy) is 2. The van der Waals surface area contributed by atoms with Crippen molar-refractivity contribution in [3.63, 3.8) is 0 Å². The van der Waals surface area contributed by atoms with E-state index in [4.69, 9.17) is 9.47 Å². The topological polar surface area (TPSA) is 98.8 Å². The van der Waals surface area contributed by atoms with E-state index in [-0.39, 0.29) is 11.5 Å². The number of nitrogens with one attached hydrogen (secondary N) is 1. The molecule has 0 aromatic heterocycles. The van der Waals surface area contributed by atoms with Crippen LogP contribution in [0.2, 0.25) is 0 Å². The van der Waals surface area contributed by atoms with Gasteiger partial charge in [0.05, 0.1) is 11.5 Å². The summed E-state index contributed by atoms with van der Waals surface area (Å²) in [5, 5.41) is 2.51. The van der Waals surface area contributed by atoms with Crippen molar-refractivity contribution in [3.05, 3.63) is 30.1 Å². The number of hydrogen-bond donors (Lipinski definition) is 1. The number of benzene rings is 1. The molecule has 1 N–H and O–H groups in total. The van der Waals surface area contributed by atoms with Crippen molar-refractivity contribution < 1.29 is 31.9 Å². The number of halogens is 1. The number of sulfone groups is 1. The van der Waals surface area contributed by atoms with Gasteiger partial charge in [0.1, 0.15) is 11.6 Å². The standard InChI is InChI=1S/C15H18FNO6S/c1-10(23-13-4-2-11(16)3-5-13)15(19)22-8-14(18)17-12-6-7-24(20,21)9-12/h2-5,10,12H,6-9H2,1H3,(H,17,18)/t10-,12+/m0/s1. The fourth-order valence-corrected chi connectivity index (χ4v) is 3.87. The lowest BCUT2D eigenvalue weighted by Gasteiger charge is -2.15. The van der Waals surface area contributed by atoms with Crippen LogP contribution in [-0.2, 0) is 24.2 Å². The Morgan fingerprint density at radius 2 is 2.00 bits per heavy atom. The predicted octanol–water partition coefficient (Wildman–Crippen LogP) is 0.439. The van der Waals surface area contributed by atoms with Gasteiger partial charge in [-0.15, -0.1) is 0 Å². The van der Waals surface area contributed by atoms with Crippen LogP contribution in [0.15, 0.2) is 24.3 Å². The first-order chi connectivity index (χ1) is 11.2. The third kappa shape index (κ3) is 5.48. The number of hydrogen-bond acceptors (Lipinski definition) is 6. The fraction of sp³-hybridized carbons (Fsp3) is 0.467. The van der Waals surface area contributed by atoms with Crippen molar-refractivity contribution in [2.75, 3.05) is 18.1 Å². The lowest BCUT2D eigenvalue weighted by Crippen LogP contribution is -2.39. The van der Waals surface area contributed by atoms with Crippen LogP contribution in [-0.4, -0.2) is 50.6 Å². The van der Waals surface area contributed by atoms with E-state index >= 15 is 0 Å². The summed E-state index contributed by atoms with van der Waals surface area (Å²) in [6, 6.07) is 4.67. The van der Waals surface area contributed by atoms with Gasteiger partial charge in [0, 0.05) is 6.04 Å². The minimum atomic E-state index is -3.09. The van der Waals surface area contributed by atoms with Gasteiger partial charge in [-0.3, -0.25) is 4.79 Å². The Bertz CT molecular complexity index is 703. The fourth-order valence-electron chi connectivity index (χ4n) is 2.20. The molecular weight excluding hydrogens is 341 g/mol. The zero-order valence-electron chi connectivity index (χ0n) is 13.0. The van der Waals surface area contributed by atoms with Gasteiger partial charge in [0.25, 0.3) is 5.91 Å².